The fraction of sp³-hybridized carbons (Fsp3) is 0.0714. The van der Waals surface area contributed by atoms with Crippen molar-refractivity contribution in [1.82, 2.24) is 0 Å². The summed E-state index contributed by atoms with van der Waals surface area (Å²) in [5.41, 5.74) is 0.326. The Morgan fingerprint density at radius 3 is 2.16 bits per heavy atom. The number of alkyl halides is 3. The molecule has 2 aromatic carbocycles. The maximum Gasteiger partial charge on any atom is 0.417 e. The molecule has 0 aliphatic rings. The molecule has 1 nitrogen and oxygen atoms in total. The van der Waals surface area contributed by atoms with Crippen molar-refractivity contribution in [3.63, 3.8) is 0 Å². The van der Waals surface area contributed by atoms with Crippen LogP contribution in [0.15, 0.2) is 42.5 Å². The van der Waals surface area contributed by atoms with Gasteiger partial charge in [-0.15, -0.1) is 0 Å². The Labute approximate surface area is 121 Å². The van der Waals surface area contributed by atoms with E-state index in [0.717, 1.165) is 6.07 Å². The zero-order valence-corrected chi connectivity index (χ0v) is 11.7. The van der Waals surface area contributed by atoms with E-state index in [1.54, 1.807) is 6.07 Å². The van der Waals surface area contributed by atoms with Crippen LogP contribution in [0.2, 0.25) is 0 Å². The van der Waals surface area contributed by atoms with Gasteiger partial charge in [-0.3, -0.25) is 0 Å². The first-order valence-electron chi connectivity index (χ1n) is 5.29. The molecule has 0 saturated carbocycles. The van der Waals surface area contributed by atoms with Gasteiger partial charge in [0.05, 0.1) is 17.2 Å². The summed E-state index contributed by atoms with van der Waals surface area (Å²) < 4.78 is 39.5. The number of nitrogens with zero attached hydrogens (tertiary/aromatic N) is 1. The standard InChI is InChI=1S/C14H7F3IN/c15-14(16,17)13-7-11(18)5-6-12(13)10-3-1-9(8-19)2-4-10/h1-7H. The highest BCUT2D eigenvalue weighted by molar-refractivity contribution is 14.1. The molecule has 0 amide bonds. The van der Waals surface area contributed by atoms with Gasteiger partial charge < -0.3 is 0 Å². The van der Waals surface area contributed by atoms with E-state index in [2.05, 4.69) is 0 Å². The van der Waals surface area contributed by atoms with E-state index >= 15 is 0 Å². The van der Waals surface area contributed by atoms with Crippen molar-refractivity contribution < 1.29 is 13.2 Å². The van der Waals surface area contributed by atoms with Gasteiger partial charge in [-0.2, -0.15) is 18.4 Å². The van der Waals surface area contributed by atoms with Crippen molar-refractivity contribution in [2.24, 2.45) is 0 Å². The van der Waals surface area contributed by atoms with Crippen LogP contribution in [0.25, 0.3) is 11.1 Å². The summed E-state index contributed by atoms with van der Waals surface area (Å²) >= 11 is 1.85. The molecular weight excluding hydrogens is 366 g/mol. The Balaban J connectivity index is 2.58. The quantitative estimate of drug-likeness (QED) is 0.656. The van der Waals surface area contributed by atoms with Crippen LogP contribution in [-0.2, 0) is 6.18 Å². The predicted octanol–water partition coefficient (Wildman–Crippen LogP) is 4.85. The zero-order valence-electron chi connectivity index (χ0n) is 9.50. The van der Waals surface area contributed by atoms with Gasteiger partial charge >= 0.3 is 6.18 Å². The SMILES string of the molecule is N#Cc1ccc(-c2ccc(I)cc2C(F)(F)F)cc1. The van der Waals surface area contributed by atoms with E-state index in [1.165, 1.54) is 30.3 Å². The van der Waals surface area contributed by atoms with Gasteiger partial charge in [-0.1, -0.05) is 18.2 Å². The van der Waals surface area contributed by atoms with E-state index < -0.39 is 11.7 Å². The predicted molar refractivity (Wildman–Crippen MR) is 74.3 cm³/mol. The summed E-state index contributed by atoms with van der Waals surface area (Å²) in [7, 11) is 0. The lowest BCUT2D eigenvalue weighted by Gasteiger charge is -2.13. The smallest absolute Gasteiger partial charge is 0.192 e. The van der Waals surface area contributed by atoms with Crippen LogP contribution in [0.5, 0.6) is 0 Å². The van der Waals surface area contributed by atoms with E-state index in [4.69, 9.17) is 5.26 Å². The summed E-state index contributed by atoms with van der Waals surface area (Å²) in [6, 6.07) is 12.2. The molecule has 2 rings (SSSR count). The number of benzene rings is 2. The fourth-order valence-corrected chi connectivity index (χ4v) is 2.22. The molecule has 96 valence electrons. The molecule has 0 aromatic heterocycles. The van der Waals surface area contributed by atoms with Crippen LogP contribution >= 0.6 is 22.6 Å². The average molecular weight is 373 g/mol. The summed E-state index contributed by atoms with van der Waals surface area (Å²) in [6.45, 7) is 0. The summed E-state index contributed by atoms with van der Waals surface area (Å²) in [5.74, 6) is 0. The molecule has 0 heterocycles. The molecule has 0 aliphatic carbocycles. The third-order valence-corrected chi connectivity index (χ3v) is 3.28. The van der Waals surface area contributed by atoms with Crippen LogP contribution in [0.3, 0.4) is 0 Å². The molecule has 5 heteroatoms. The van der Waals surface area contributed by atoms with Gasteiger partial charge in [0, 0.05) is 3.57 Å². The van der Waals surface area contributed by atoms with Crippen molar-refractivity contribution in [2.75, 3.05) is 0 Å². The molecule has 0 bridgehead atoms. The fourth-order valence-electron chi connectivity index (χ4n) is 1.73. The van der Waals surface area contributed by atoms with Crippen molar-refractivity contribution in [3.05, 3.63) is 57.2 Å². The highest BCUT2D eigenvalue weighted by atomic mass is 127. The summed E-state index contributed by atoms with van der Waals surface area (Å²) in [6.07, 6.45) is -4.40. The molecule has 0 atom stereocenters. The zero-order chi connectivity index (χ0) is 14.0. The average Bonchev–Trinajstić information content (AvgIpc) is 2.38. The third kappa shape index (κ3) is 3.07. The van der Waals surface area contributed by atoms with Crippen LogP contribution in [0, 0.1) is 14.9 Å². The number of nitriles is 1. The van der Waals surface area contributed by atoms with Crippen molar-refractivity contribution in [1.29, 1.82) is 5.26 Å². The normalized spacial score (nSPS) is 11.1. The van der Waals surface area contributed by atoms with Crippen molar-refractivity contribution in [3.8, 4) is 17.2 Å². The molecule has 0 spiro atoms. The van der Waals surface area contributed by atoms with Crippen LogP contribution < -0.4 is 0 Å². The molecule has 0 saturated heterocycles. The first-order valence-corrected chi connectivity index (χ1v) is 6.37. The number of halogens is 4. The highest BCUT2D eigenvalue weighted by Gasteiger charge is 2.33. The summed E-state index contributed by atoms with van der Waals surface area (Å²) in [5, 5.41) is 8.69. The minimum atomic E-state index is -4.40. The van der Waals surface area contributed by atoms with Gasteiger partial charge in [-0.05, 0) is 58.0 Å². The van der Waals surface area contributed by atoms with E-state index in [1.807, 2.05) is 28.7 Å². The van der Waals surface area contributed by atoms with Crippen molar-refractivity contribution in [2.45, 2.75) is 6.18 Å². The van der Waals surface area contributed by atoms with E-state index in [0.29, 0.717) is 14.7 Å². The van der Waals surface area contributed by atoms with E-state index in [-0.39, 0.29) is 5.56 Å². The molecular formula is C14H7F3IN. The van der Waals surface area contributed by atoms with Crippen LogP contribution in [-0.4, -0.2) is 0 Å². The first-order chi connectivity index (χ1) is 8.91. The molecule has 0 fully saturated rings. The molecule has 0 radical (unpaired) electrons. The first kappa shape index (κ1) is 13.9. The van der Waals surface area contributed by atoms with Gasteiger partial charge in [0.25, 0.3) is 0 Å². The maximum absolute atomic E-state index is 13.0. The third-order valence-electron chi connectivity index (χ3n) is 2.61. The second-order valence-electron chi connectivity index (χ2n) is 3.88. The Bertz CT molecular complexity index is 639. The molecule has 0 aliphatic heterocycles. The minimum absolute atomic E-state index is 0.123. The van der Waals surface area contributed by atoms with Gasteiger partial charge in [0.1, 0.15) is 0 Å². The Morgan fingerprint density at radius 2 is 1.63 bits per heavy atom. The maximum atomic E-state index is 13.0. The largest absolute Gasteiger partial charge is 0.417 e. The van der Waals surface area contributed by atoms with Gasteiger partial charge in [0.2, 0.25) is 0 Å². The molecule has 0 unspecified atom stereocenters. The second kappa shape index (κ2) is 5.21. The number of rotatable bonds is 1. The Morgan fingerprint density at radius 1 is 1.00 bits per heavy atom. The lowest BCUT2D eigenvalue weighted by atomic mass is 9.98. The molecule has 19 heavy (non-hydrogen) atoms. The lowest BCUT2D eigenvalue weighted by Crippen LogP contribution is -2.07. The molecule has 0 N–H and O–H groups in total. The van der Waals surface area contributed by atoms with Gasteiger partial charge in [0.15, 0.2) is 0 Å². The Kier molecular flexibility index (Phi) is 3.80. The second-order valence-corrected chi connectivity index (χ2v) is 5.12. The number of hydrogen-bond donors (Lipinski definition) is 0. The van der Waals surface area contributed by atoms with Crippen LogP contribution in [0.1, 0.15) is 11.1 Å². The Hall–Kier alpha value is -1.55. The number of hydrogen-bond acceptors (Lipinski definition) is 1. The van der Waals surface area contributed by atoms with Crippen LogP contribution in [0.4, 0.5) is 13.2 Å². The molecule has 2 aromatic rings. The van der Waals surface area contributed by atoms with Gasteiger partial charge in [-0.25, -0.2) is 0 Å². The van der Waals surface area contributed by atoms with Crippen molar-refractivity contribution >= 4 is 22.6 Å². The minimum Gasteiger partial charge on any atom is -0.192 e. The lowest BCUT2D eigenvalue weighted by molar-refractivity contribution is -0.137. The highest BCUT2D eigenvalue weighted by Crippen LogP contribution is 2.37. The summed E-state index contributed by atoms with van der Waals surface area (Å²) in [4.78, 5) is 0. The monoisotopic (exact) mass is 373 g/mol. The van der Waals surface area contributed by atoms with E-state index in [9.17, 15) is 13.2 Å². The topological polar surface area (TPSA) is 23.8 Å².